The first-order valence-electron chi connectivity index (χ1n) is 4.66. The van der Waals surface area contributed by atoms with Crippen LogP contribution in [0.3, 0.4) is 0 Å². The molecule has 0 radical (unpaired) electrons. The monoisotopic (exact) mass is 204 g/mol. The van der Waals surface area contributed by atoms with E-state index in [1.807, 2.05) is 0 Å². The Hall–Kier alpha value is -0.650. The van der Waals surface area contributed by atoms with Crippen LogP contribution < -0.4 is 0 Å². The Morgan fingerprint density at radius 1 is 1.64 bits per heavy atom. The number of rotatable bonds is 4. The van der Waals surface area contributed by atoms with Crippen LogP contribution in [0.2, 0.25) is 0 Å². The van der Waals surface area contributed by atoms with E-state index in [0.717, 1.165) is 12.8 Å². The van der Waals surface area contributed by atoms with Crippen molar-refractivity contribution < 1.29 is 24.5 Å². The van der Waals surface area contributed by atoms with Gasteiger partial charge in [-0.2, -0.15) is 0 Å². The summed E-state index contributed by atoms with van der Waals surface area (Å²) in [5.74, 6) is -1.26. The second-order valence-electron chi connectivity index (χ2n) is 3.54. The van der Waals surface area contributed by atoms with Crippen LogP contribution in [0, 0.1) is 0 Å². The van der Waals surface area contributed by atoms with Crippen LogP contribution >= 0.6 is 0 Å². The minimum atomic E-state index is -1.51. The summed E-state index contributed by atoms with van der Waals surface area (Å²) in [5, 5.41) is 18.3. The topological polar surface area (TPSA) is 76.0 Å². The Bertz CT molecular complexity index is 192. The van der Waals surface area contributed by atoms with E-state index in [-0.39, 0.29) is 6.61 Å². The standard InChI is InChI=1S/C9H16O5/c1-13-6-9(7(10)8(11)12)4-2-3-5-14-9/h7,10H,2-6H2,1H3,(H,11,12). The highest BCUT2D eigenvalue weighted by Gasteiger charge is 2.44. The Morgan fingerprint density at radius 3 is 2.79 bits per heavy atom. The van der Waals surface area contributed by atoms with E-state index in [9.17, 15) is 9.90 Å². The van der Waals surface area contributed by atoms with E-state index in [0.29, 0.717) is 13.0 Å². The van der Waals surface area contributed by atoms with Gasteiger partial charge < -0.3 is 19.7 Å². The molecule has 0 saturated carbocycles. The van der Waals surface area contributed by atoms with Gasteiger partial charge in [0.1, 0.15) is 5.60 Å². The van der Waals surface area contributed by atoms with Crippen molar-refractivity contribution in [2.24, 2.45) is 0 Å². The quantitative estimate of drug-likeness (QED) is 0.675. The molecule has 2 atom stereocenters. The van der Waals surface area contributed by atoms with Crippen LogP contribution in [0.1, 0.15) is 19.3 Å². The van der Waals surface area contributed by atoms with E-state index in [1.165, 1.54) is 7.11 Å². The number of aliphatic carboxylic acids is 1. The Kier molecular flexibility index (Phi) is 3.86. The zero-order valence-electron chi connectivity index (χ0n) is 8.23. The van der Waals surface area contributed by atoms with Crippen LogP contribution in [0.15, 0.2) is 0 Å². The maximum absolute atomic E-state index is 10.7. The molecule has 2 unspecified atom stereocenters. The molecule has 5 nitrogen and oxygen atoms in total. The van der Waals surface area contributed by atoms with Gasteiger partial charge in [-0.15, -0.1) is 0 Å². The first-order valence-corrected chi connectivity index (χ1v) is 4.66. The van der Waals surface area contributed by atoms with Gasteiger partial charge >= 0.3 is 5.97 Å². The fourth-order valence-electron chi connectivity index (χ4n) is 1.75. The highest BCUT2D eigenvalue weighted by molar-refractivity contribution is 5.73. The predicted molar refractivity (Wildman–Crippen MR) is 48.1 cm³/mol. The number of carbonyl (C=O) groups is 1. The molecule has 0 aromatic rings. The van der Waals surface area contributed by atoms with Gasteiger partial charge in [-0.05, 0) is 19.3 Å². The predicted octanol–water partition coefficient (Wildman–Crippen LogP) is 0.0176. The number of ether oxygens (including phenoxy) is 2. The highest BCUT2D eigenvalue weighted by atomic mass is 16.6. The summed E-state index contributed by atoms with van der Waals surface area (Å²) >= 11 is 0. The molecular weight excluding hydrogens is 188 g/mol. The van der Waals surface area contributed by atoms with Crippen LogP contribution in [0.4, 0.5) is 0 Å². The zero-order valence-corrected chi connectivity index (χ0v) is 8.23. The summed E-state index contributed by atoms with van der Waals surface area (Å²) in [5.41, 5.74) is -1.06. The van der Waals surface area contributed by atoms with Crippen molar-refractivity contribution in [2.75, 3.05) is 20.3 Å². The largest absolute Gasteiger partial charge is 0.479 e. The van der Waals surface area contributed by atoms with E-state index in [2.05, 4.69) is 0 Å². The lowest BCUT2D eigenvalue weighted by Crippen LogP contribution is -2.54. The van der Waals surface area contributed by atoms with Crippen LogP contribution in [0.25, 0.3) is 0 Å². The first-order chi connectivity index (χ1) is 6.62. The molecule has 2 N–H and O–H groups in total. The minimum absolute atomic E-state index is 0.112. The second kappa shape index (κ2) is 4.72. The second-order valence-corrected chi connectivity index (χ2v) is 3.54. The van der Waals surface area contributed by atoms with E-state index >= 15 is 0 Å². The van der Waals surface area contributed by atoms with Crippen molar-refractivity contribution in [3.05, 3.63) is 0 Å². The van der Waals surface area contributed by atoms with Gasteiger partial charge in [-0.25, -0.2) is 4.79 Å². The molecule has 0 amide bonds. The van der Waals surface area contributed by atoms with Gasteiger partial charge in [-0.1, -0.05) is 0 Å². The number of hydrogen-bond donors (Lipinski definition) is 2. The maximum atomic E-state index is 10.7. The molecule has 82 valence electrons. The summed E-state index contributed by atoms with van der Waals surface area (Å²) in [6.07, 6.45) is 0.766. The van der Waals surface area contributed by atoms with Gasteiger partial charge in [0, 0.05) is 13.7 Å². The average Bonchev–Trinajstić information content (AvgIpc) is 2.18. The third-order valence-corrected chi connectivity index (χ3v) is 2.50. The lowest BCUT2D eigenvalue weighted by atomic mass is 9.89. The number of aliphatic hydroxyl groups excluding tert-OH is 1. The van der Waals surface area contributed by atoms with Gasteiger partial charge in [0.05, 0.1) is 6.61 Å². The average molecular weight is 204 g/mol. The number of carboxylic acids is 1. The minimum Gasteiger partial charge on any atom is -0.479 e. The molecular formula is C9H16O5. The van der Waals surface area contributed by atoms with E-state index in [4.69, 9.17) is 14.6 Å². The Balaban J connectivity index is 2.73. The van der Waals surface area contributed by atoms with Crippen molar-refractivity contribution in [1.82, 2.24) is 0 Å². The van der Waals surface area contributed by atoms with Gasteiger partial charge in [0.25, 0.3) is 0 Å². The van der Waals surface area contributed by atoms with Crippen molar-refractivity contribution in [1.29, 1.82) is 0 Å². The lowest BCUT2D eigenvalue weighted by molar-refractivity contribution is -0.193. The molecule has 5 heteroatoms. The molecule has 0 aliphatic carbocycles. The van der Waals surface area contributed by atoms with Crippen LogP contribution in [-0.4, -0.2) is 48.2 Å². The zero-order chi connectivity index (χ0) is 10.6. The molecule has 1 rings (SSSR count). The van der Waals surface area contributed by atoms with Crippen LogP contribution in [0.5, 0.6) is 0 Å². The molecule has 0 spiro atoms. The molecule has 0 bridgehead atoms. The fourth-order valence-corrected chi connectivity index (χ4v) is 1.75. The van der Waals surface area contributed by atoms with Gasteiger partial charge in [0.2, 0.25) is 0 Å². The summed E-state index contributed by atoms with van der Waals surface area (Å²) in [4.78, 5) is 10.7. The van der Waals surface area contributed by atoms with Crippen LogP contribution in [-0.2, 0) is 14.3 Å². The summed E-state index contributed by atoms with van der Waals surface area (Å²) < 4.78 is 10.3. The first kappa shape index (κ1) is 11.4. The number of methoxy groups -OCH3 is 1. The lowest BCUT2D eigenvalue weighted by Gasteiger charge is -2.38. The van der Waals surface area contributed by atoms with E-state index < -0.39 is 17.7 Å². The fraction of sp³-hybridized carbons (Fsp3) is 0.889. The molecule has 1 fully saturated rings. The van der Waals surface area contributed by atoms with Crippen molar-refractivity contribution in [2.45, 2.75) is 31.0 Å². The molecule has 1 aliphatic heterocycles. The molecule has 14 heavy (non-hydrogen) atoms. The van der Waals surface area contributed by atoms with E-state index in [1.54, 1.807) is 0 Å². The normalized spacial score (nSPS) is 29.9. The number of aliphatic hydroxyl groups is 1. The Morgan fingerprint density at radius 2 is 2.36 bits per heavy atom. The molecule has 1 heterocycles. The van der Waals surface area contributed by atoms with Crippen molar-refractivity contribution in [3.63, 3.8) is 0 Å². The third kappa shape index (κ3) is 2.23. The molecule has 1 aliphatic rings. The van der Waals surface area contributed by atoms with Crippen molar-refractivity contribution in [3.8, 4) is 0 Å². The summed E-state index contributed by atoms with van der Waals surface area (Å²) in [6.45, 7) is 0.591. The number of carboxylic acid groups (broad SMARTS) is 1. The summed E-state index contributed by atoms with van der Waals surface area (Å²) in [6, 6.07) is 0. The molecule has 0 aromatic carbocycles. The molecule has 1 saturated heterocycles. The van der Waals surface area contributed by atoms with Gasteiger partial charge in [-0.3, -0.25) is 0 Å². The maximum Gasteiger partial charge on any atom is 0.335 e. The Labute approximate surface area is 82.6 Å². The molecule has 0 aromatic heterocycles. The third-order valence-electron chi connectivity index (χ3n) is 2.50. The summed E-state index contributed by atoms with van der Waals surface area (Å²) in [7, 11) is 1.47. The smallest absolute Gasteiger partial charge is 0.335 e. The van der Waals surface area contributed by atoms with Gasteiger partial charge in [0.15, 0.2) is 6.10 Å². The SMILES string of the molecule is COCC1(C(O)C(=O)O)CCCCO1. The number of hydrogen-bond acceptors (Lipinski definition) is 4. The highest BCUT2D eigenvalue weighted by Crippen LogP contribution is 2.29. The van der Waals surface area contributed by atoms with Crippen molar-refractivity contribution >= 4 is 5.97 Å².